The van der Waals surface area contributed by atoms with Gasteiger partial charge in [0.05, 0.1) is 7.11 Å². The lowest BCUT2D eigenvalue weighted by Gasteiger charge is -2.19. The van der Waals surface area contributed by atoms with Gasteiger partial charge in [-0.05, 0) is 0 Å². The molecule has 0 aromatic carbocycles. The summed E-state index contributed by atoms with van der Waals surface area (Å²) in [5.74, 6) is 5.68. The summed E-state index contributed by atoms with van der Waals surface area (Å²) in [6.45, 7) is 0. The number of methoxy groups -OCH3 is 1. The molecule has 1 aliphatic heterocycles. The van der Waals surface area contributed by atoms with Crippen molar-refractivity contribution < 1.29 is 4.74 Å². The highest BCUT2D eigenvalue weighted by atomic mass is 35.5. The van der Waals surface area contributed by atoms with E-state index in [1.54, 1.807) is 0 Å². The first-order chi connectivity index (χ1) is 4.72. The molecule has 1 heterocycles. The normalized spacial score (nSPS) is 17.3. The number of allylic oxidation sites excluding steroid dienone is 1. The SMILES string of the molecule is COC1=CC(Cl)=NN(N)N1. The topological polar surface area (TPSA) is 62.9 Å². The molecule has 0 amide bonds. The first-order valence-corrected chi connectivity index (χ1v) is 2.91. The maximum absolute atomic E-state index is 5.52. The predicted octanol–water partition coefficient (Wildman–Crippen LogP) is -0.280. The molecule has 0 bridgehead atoms. The first kappa shape index (κ1) is 7.17. The van der Waals surface area contributed by atoms with Crippen molar-refractivity contribution >= 4 is 16.8 Å². The zero-order chi connectivity index (χ0) is 7.56. The van der Waals surface area contributed by atoms with Crippen LogP contribution in [0.25, 0.3) is 0 Å². The van der Waals surface area contributed by atoms with Gasteiger partial charge in [-0.3, -0.25) is 0 Å². The summed E-state index contributed by atoms with van der Waals surface area (Å²) in [6, 6.07) is 0. The Bertz CT molecular complexity index is 190. The fourth-order valence-corrected chi connectivity index (χ4v) is 0.695. The van der Waals surface area contributed by atoms with Crippen molar-refractivity contribution in [1.82, 2.24) is 10.7 Å². The molecule has 10 heavy (non-hydrogen) atoms. The molecule has 0 aromatic heterocycles. The number of hydrogen-bond donors (Lipinski definition) is 2. The Labute approximate surface area is 63.0 Å². The summed E-state index contributed by atoms with van der Waals surface area (Å²) < 4.78 is 4.80. The molecule has 0 fully saturated rings. The van der Waals surface area contributed by atoms with Crippen molar-refractivity contribution in [2.75, 3.05) is 7.11 Å². The number of hydrogen-bond acceptors (Lipinski definition) is 5. The Hall–Kier alpha value is -0.940. The fraction of sp³-hybridized carbons (Fsp3) is 0.250. The van der Waals surface area contributed by atoms with E-state index >= 15 is 0 Å². The van der Waals surface area contributed by atoms with E-state index < -0.39 is 0 Å². The molecular formula is C4H7ClN4O. The van der Waals surface area contributed by atoms with Gasteiger partial charge in [0, 0.05) is 6.08 Å². The van der Waals surface area contributed by atoms with E-state index in [1.807, 2.05) is 0 Å². The number of nitrogens with one attached hydrogen (secondary N) is 1. The third kappa shape index (κ3) is 1.52. The number of nitrogens with two attached hydrogens (primary N) is 1. The van der Waals surface area contributed by atoms with Crippen molar-refractivity contribution in [2.45, 2.75) is 0 Å². The van der Waals surface area contributed by atoms with Crippen LogP contribution >= 0.6 is 11.6 Å². The Morgan fingerprint density at radius 3 is 3.10 bits per heavy atom. The van der Waals surface area contributed by atoms with Gasteiger partial charge in [-0.25, -0.2) is 11.3 Å². The number of hydrazone groups is 1. The third-order valence-electron chi connectivity index (χ3n) is 0.898. The van der Waals surface area contributed by atoms with E-state index in [0.717, 1.165) is 5.23 Å². The molecule has 0 saturated carbocycles. The van der Waals surface area contributed by atoms with E-state index in [0.29, 0.717) is 5.88 Å². The molecule has 0 unspecified atom stereocenters. The van der Waals surface area contributed by atoms with Crippen molar-refractivity contribution in [2.24, 2.45) is 10.9 Å². The van der Waals surface area contributed by atoms with Crippen LogP contribution in [0.4, 0.5) is 0 Å². The molecule has 3 N–H and O–H groups in total. The van der Waals surface area contributed by atoms with E-state index in [1.165, 1.54) is 13.2 Å². The molecule has 0 atom stereocenters. The quantitative estimate of drug-likeness (QED) is 0.521. The Morgan fingerprint density at radius 1 is 1.90 bits per heavy atom. The van der Waals surface area contributed by atoms with Gasteiger partial charge in [-0.2, -0.15) is 0 Å². The van der Waals surface area contributed by atoms with Gasteiger partial charge >= 0.3 is 0 Å². The highest BCUT2D eigenvalue weighted by Gasteiger charge is 2.06. The molecule has 5 nitrogen and oxygen atoms in total. The predicted molar refractivity (Wildman–Crippen MR) is 37.5 cm³/mol. The van der Waals surface area contributed by atoms with Crippen LogP contribution in [0.2, 0.25) is 0 Å². The largest absolute Gasteiger partial charge is 0.481 e. The number of halogens is 1. The average molecular weight is 163 g/mol. The maximum Gasteiger partial charge on any atom is 0.211 e. The van der Waals surface area contributed by atoms with Crippen LogP contribution in [0.3, 0.4) is 0 Å². The van der Waals surface area contributed by atoms with E-state index in [2.05, 4.69) is 10.5 Å². The number of hydrazine groups is 2. The smallest absolute Gasteiger partial charge is 0.211 e. The summed E-state index contributed by atoms with van der Waals surface area (Å²) in [5.41, 5.74) is 2.57. The van der Waals surface area contributed by atoms with Gasteiger partial charge in [0.2, 0.25) is 5.88 Å². The molecule has 0 spiro atoms. The zero-order valence-corrected chi connectivity index (χ0v) is 6.09. The second-order valence-corrected chi connectivity index (χ2v) is 1.98. The molecule has 0 radical (unpaired) electrons. The van der Waals surface area contributed by atoms with Crippen molar-refractivity contribution in [3.05, 3.63) is 12.0 Å². The summed E-state index contributed by atoms with van der Waals surface area (Å²) in [7, 11) is 1.50. The van der Waals surface area contributed by atoms with Crippen molar-refractivity contribution in [3.63, 3.8) is 0 Å². The minimum absolute atomic E-state index is 0.276. The van der Waals surface area contributed by atoms with Gasteiger partial charge in [0.25, 0.3) is 0 Å². The van der Waals surface area contributed by atoms with Crippen LogP contribution in [-0.4, -0.2) is 17.5 Å². The number of nitrogens with zero attached hydrogens (tertiary/aromatic N) is 2. The molecule has 6 heteroatoms. The van der Waals surface area contributed by atoms with Crippen LogP contribution < -0.4 is 11.3 Å². The maximum atomic E-state index is 5.52. The number of ether oxygens (including phenoxy) is 1. The standard InChI is InChI=1S/C4H7ClN4O/c1-10-4-2-3(5)7-9(6)8-4/h2,8H,6H2,1H3. The van der Waals surface area contributed by atoms with Crippen LogP contribution in [0.1, 0.15) is 0 Å². The fourth-order valence-electron chi connectivity index (χ4n) is 0.515. The minimum Gasteiger partial charge on any atom is -0.481 e. The second-order valence-electron chi connectivity index (χ2n) is 1.59. The summed E-state index contributed by atoms with van der Waals surface area (Å²) in [4.78, 5) is 0. The van der Waals surface area contributed by atoms with Crippen LogP contribution in [0, 0.1) is 0 Å². The Kier molecular flexibility index (Phi) is 1.98. The Morgan fingerprint density at radius 2 is 2.60 bits per heavy atom. The van der Waals surface area contributed by atoms with Crippen molar-refractivity contribution in [3.8, 4) is 0 Å². The lowest BCUT2D eigenvalue weighted by molar-refractivity contribution is 0.142. The van der Waals surface area contributed by atoms with Gasteiger partial charge in [0.1, 0.15) is 0 Å². The lowest BCUT2D eigenvalue weighted by atomic mass is 10.6. The summed E-state index contributed by atoms with van der Waals surface area (Å²) >= 11 is 5.52. The third-order valence-corrected chi connectivity index (χ3v) is 1.08. The average Bonchev–Trinajstić information content (AvgIpc) is 1.85. The van der Waals surface area contributed by atoms with E-state index in [-0.39, 0.29) is 5.17 Å². The molecule has 1 aliphatic rings. The van der Waals surface area contributed by atoms with E-state index in [9.17, 15) is 0 Å². The van der Waals surface area contributed by atoms with Gasteiger partial charge < -0.3 is 4.74 Å². The van der Waals surface area contributed by atoms with Gasteiger partial charge in [-0.15, -0.1) is 10.3 Å². The van der Waals surface area contributed by atoms with Crippen molar-refractivity contribution in [1.29, 1.82) is 0 Å². The molecule has 0 aliphatic carbocycles. The summed E-state index contributed by atoms with van der Waals surface area (Å²) in [5, 5.41) is 4.86. The highest BCUT2D eigenvalue weighted by Crippen LogP contribution is 2.01. The molecule has 56 valence electrons. The molecule has 1 rings (SSSR count). The second kappa shape index (κ2) is 2.76. The molecular weight excluding hydrogens is 156 g/mol. The minimum atomic E-state index is 0.276. The van der Waals surface area contributed by atoms with Crippen LogP contribution in [0.15, 0.2) is 17.1 Å². The number of rotatable bonds is 1. The first-order valence-electron chi connectivity index (χ1n) is 2.53. The van der Waals surface area contributed by atoms with Crippen LogP contribution in [0.5, 0.6) is 0 Å². The molecule has 0 aromatic rings. The van der Waals surface area contributed by atoms with E-state index in [4.69, 9.17) is 22.2 Å². The summed E-state index contributed by atoms with van der Waals surface area (Å²) in [6.07, 6.45) is 1.52. The van der Waals surface area contributed by atoms with Gasteiger partial charge in [0.15, 0.2) is 5.17 Å². The lowest BCUT2D eigenvalue weighted by Crippen LogP contribution is -2.41. The Balaban J connectivity index is 2.70. The van der Waals surface area contributed by atoms with Gasteiger partial charge in [-0.1, -0.05) is 11.6 Å². The zero-order valence-electron chi connectivity index (χ0n) is 5.34. The monoisotopic (exact) mass is 162 g/mol. The molecule has 0 saturated heterocycles. The highest BCUT2D eigenvalue weighted by molar-refractivity contribution is 6.68. The van der Waals surface area contributed by atoms with Crippen LogP contribution in [-0.2, 0) is 4.74 Å².